The van der Waals surface area contributed by atoms with E-state index in [0.29, 0.717) is 23.8 Å². The Hall–Kier alpha value is -2.91. The second-order valence-electron chi connectivity index (χ2n) is 13.3. The number of aromatic nitrogens is 2. The molecule has 0 saturated heterocycles. The number of carbonyl (C=O) groups excluding carboxylic acids is 2. The molecule has 0 spiro atoms. The maximum Gasteiger partial charge on any atom is 0.316 e. The smallest absolute Gasteiger partial charge is 0.316 e. The Morgan fingerprint density at radius 1 is 1.24 bits per heavy atom. The van der Waals surface area contributed by atoms with Gasteiger partial charge < -0.3 is 20.1 Å². The van der Waals surface area contributed by atoms with E-state index >= 15 is 0 Å². The lowest BCUT2D eigenvalue weighted by Gasteiger charge is -2.61. The van der Waals surface area contributed by atoms with E-state index < -0.39 is 29.0 Å². The first-order chi connectivity index (χ1) is 19.8. The fourth-order valence-corrected chi connectivity index (χ4v) is 8.83. The minimum absolute atomic E-state index is 0.0641. The molecule has 0 unspecified atom stereocenters. The van der Waals surface area contributed by atoms with Gasteiger partial charge in [-0.2, -0.15) is 0 Å². The summed E-state index contributed by atoms with van der Waals surface area (Å²) in [6.45, 7) is 14.4. The highest BCUT2D eigenvalue weighted by Gasteiger charge is 2.68. The van der Waals surface area contributed by atoms with Gasteiger partial charge in [-0.3, -0.25) is 14.4 Å². The monoisotopic (exact) mass is 593 g/mol. The molecule has 0 amide bonds. The fourth-order valence-electron chi connectivity index (χ4n) is 8.17. The van der Waals surface area contributed by atoms with Crippen LogP contribution in [0.4, 0.5) is 11.5 Å². The number of carbonyl (C=O) groups is 2. The predicted octanol–water partition coefficient (Wildman–Crippen LogP) is 5.82. The third-order valence-corrected chi connectivity index (χ3v) is 11.8. The number of Topliss-reactive ketones (excluding diaryl/α,β-unsaturated/α-hetero) is 1. The number of aromatic amines is 1. The number of ether oxygens (including phenoxy) is 1. The van der Waals surface area contributed by atoms with Crippen molar-refractivity contribution in [3.8, 4) is 0 Å². The van der Waals surface area contributed by atoms with E-state index in [4.69, 9.17) is 4.74 Å². The van der Waals surface area contributed by atoms with Crippen LogP contribution < -0.4 is 10.9 Å². The van der Waals surface area contributed by atoms with Crippen molar-refractivity contribution in [1.82, 2.24) is 9.97 Å². The Kier molecular flexibility index (Phi) is 8.22. The van der Waals surface area contributed by atoms with Gasteiger partial charge in [0.05, 0.1) is 11.9 Å². The first kappa shape index (κ1) is 30.5. The Balaban J connectivity index is 1.38. The normalized spacial score (nSPS) is 36.0. The lowest BCUT2D eigenvalue weighted by Crippen LogP contribution is -2.63. The number of ketones is 1. The highest BCUT2D eigenvalue weighted by Crippen LogP contribution is 2.68. The van der Waals surface area contributed by atoms with Gasteiger partial charge in [0.2, 0.25) is 0 Å². The number of thioether (sulfide) groups is 1. The molecule has 9 heteroatoms. The zero-order chi connectivity index (χ0) is 30.4. The largest absolute Gasteiger partial charge is 0.461 e. The van der Waals surface area contributed by atoms with Crippen LogP contribution in [-0.4, -0.2) is 44.8 Å². The topological polar surface area (TPSA) is 121 Å². The molecule has 3 N–H and O–H groups in total. The molecule has 2 bridgehead atoms. The van der Waals surface area contributed by atoms with Crippen LogP contribution in [-0.2, 0) is 14.3 Å². The number of hydrogen-bond donors (Lipinski definition) is 3. The van der Waals surface area contributed by atoms with Gasteiger partial charge in [-0.25, -0.2) is 4.98 Å². The second-order valence-corrected chi connectivity index (χ2v) is 14.2. The molecule has 1 aromatic carbocycles. The van der Waals surface area contributed by atoms with Gasteiger partial charge in [0.1, 0.15) is 17.7 Å². The van der Waals surface area contributed by atoms with Gasteiger partial charge >= 0.3 is 5.97 Å². The summed E-state index contributed by atoms with van der Waals surface area (Å²) in [6.07, 6.45) is 3.93. The molecule has 1 heterocycles. The van der Waals surface area contributed by atoms with Crippen molar-refractivity contribution in [3.63, 3.8) is 0 Å². The van der Waals surface area contributed by atoms with E-state index in [-0.39, 0.29) is 40.3 Å². The number of benzene rings is 1. The second kappa shape index (κ2) is 11.3. The Morgan fingerprint density at radius 3 is 2.64 bits per heavy atom. The van der Waals surface area contributed by atoms with Crippen molar-refractivity contribution in [2.24, 2.45) is 34.0 Å². The number of nitrogens with zero attached hydrogens (tertiary/aromatic N) is 1. The molecule has 226 valence electrons. The summed E-state index contributed by atoms with van der Waals surface area (Å²) >= 11 is 1.10. The number of nitrogens with one attached hydrogen (secondary N) is 2. The number of aliphatic hydroxyl groups is 1. The van der Waals surface area contributed by atoms with Crippen LogP contribution in [0.15, 0.2) is 52.9 Å². The molecule has 0 radical (unpaired) electrons. The summed E-state index contributed by atoms with van der Waals surface area (Å²) in [5.41, 5.74) is -0.00370. The number of rotatable bonds is 7. The molecule has 2 aromatic rings. The number of aryl methyl sites for hydroxylation is 1. The summed E-state index contributed by atoms with van der Waals surface area (Å²) in [7, 11) is 0. The van der Waals surface area contributed by atoms with E-state index in [9.17, 15) is 19.5 Å². The van der Waals surface area contributed by atoms with E-state index in [2.05, 4.69) is 42.6 Å². The van der Waals surface area contributed by atoms with Crippen molar-refractivity contribution in [1.29, 1.82) is 0 Å². The van der Waals surface area contributed by atoms with E-state index in [1.54, 1.807) is 6.08 Å². The maximum atomic E-state index is 13.6. The van der Waals surface area contributed by atoms with Crippen molar-refractivity contribution < 1.29 is 19.4 Å². The minimum atomic E-state index is -0.713. The van der Waals surface area contributed by atoms with Crippen molar-refractivity contribution in [2.75, 3.05) is 11.1 Å². The van der Waals surface area contributed by atoms with Crippen molar-refractivity contribution >= 4 is 35.0 Å². The molecule has 5 rings (SSSR count). The van der Waals surface area contributed by atoms with Crippen molar-refractivity contribution in [3.05, 3.63) is 58.9 Å². The van der Waals surface area contributed by atoms with Gasteiger partial charge in [-0.15, -0.1) is 6.58 Å². The van der Waals surface area contributed by atoms with E-state index in [1.807, 2.05) is 38.1 Å². The van der Waals surface area contributed by atoms with Gasteiger partial charge in [0, 0.05) is 34.9 Å². The first-order valence-corrected chi connectivity index (χ1v) is 15.9. The Morgan fingerprint density at radius 2 is 1.95 bits per heavy atom. The van der Waals surface area contributed by atoms with Crippen LogP contribution in [0.2, 0.25) is 0 Å². The summed E-state index contributed by atoms with van der Waals surface area (Å²) in [5, 5.41) is 15.1. The molecule has 8 atom stereocenters. The standard InChI is InChI=1S/C33H43N3O5S/c1-7-31(5)17-24(32(6)20(3)12-14-33(21(4)29(31)40)15-13-23(37)28(32)33)41-27(39)18-42-30-35-25(16-26(38)36-30)34-22-10-8-19(2)9-11-22/h7-11,16,20-21,24,28-29,40H,1,12-15,17-18H2,2-6H3,(H2,34,35,36,38)/t20-,21+,24-,28+,29+,31-,32+,33+/m1/s1. The van der Waals surface area contributed by atoms with Gasteiger partial charge in [-0.1, -0.05) is 63.2 Å². The summed E-state index contributed by atoms with van der Waals surface area (Å²) in [5.74, 6) is -0.120. The Labute approximate surface area is 252 Å². The van der Waals surface area contributed by atoms with Gasteiger partial charge in [0.25, 0.3) is 5.56 Å². The highest BCUT2D eigenvalue weighted by atomic mass is 32.2. The van der Waals surface area contributed by atoms with Gasteiger partial charge in [0.15, 0.2) is 5.16 Å². The number of anilines is 2. The number of hydrogen-bond acceptors (Lipinski definition) is 8. The van der Waals surface area contributed by atoms with E-state index in [0.717, 1.165) is 42.3 Å². The minimum Gasteiger partial charge on any atom is -0.461 e. The molecule has 42 heavy (non-hydrogen) atoms. The first-order valence-electron chi connectivity index (χ1n) is 14.9. The van der Waals surface area contributed by atoms with Crippen LogP contribution >= 0.6 is 11.8 Å². The number of aliphatic hydroxyl groups excluding tert-OH is 1. The molecular formula is C33H43N3O5S. The average Bonchev–Trinajstić information content (AvgIpc) is 3.31. The quantitative estimate of drug-likeness (QED) is 0.159. The lowest BCUT2D eigenvalue weighted by molar-refractivity contribution is -0.205. The van der Waals surface area contributed by atoms with Crippen LogP contribution in [0.3, 0.4) is 0 Å². The predicted molar refractivity (Wildman–Crippen MR) is 165 cm³/mol. The molecule has 3 saturated carbocycles. The molecule has 3 aliphatic carbocycles. The van der Waals surface area contributed by atoms with Crippen molar-refractivity contribution in [2.45, 2.75) is 84.1 Å². The molecular weight excluding hydrogens is 550 g/mol. The zero-order valence-corrected chi connectivity index (χ0v) is 26.1. The maximum absolute atomic E-state index is 13.6. The average molecular weight is 594 g/mol. The number of H-pyrrole nitrogens is 1. The Bertz CT molecular complexity index is 1430. The van der Waals surface area contributed by atoms with Crippen LogP contribution in [0.5, 0.6) is 0 Å². The van der Waals surface area contributed by atoms with Gasteiger partial charge in [-0.05, 0) is 62.0 Å². The summed E-state index contributed by atoms with van der Waals surface area (Å²) < 4.78 is 6.30. The SMILES string of the molecule is C=C[C@]1(C)C[C@@H](OC(=O)CSc2nc(Nc3ccc(C)cc3)cc(=O)[nH]2)[C@]2(C)[C@H](C)CC[C@]3(CCC(=O)[C@H]32)[C@@H](C)[C@@H]1O. The number of esters is 1. The lowest BCUT2D eigenvalue weighted by atomic mass is 9.44. The highest BCUT2D eigenvalue weighted by molar-refractivity contribution is 7.99. The molecule has 3 fully saturated rings. The third kappa shape index (κ3) is 5.23. The van der Waals surface area contributed by atoms with Crippen LogP contribution in [0, 0.1) is 40.9 Å². The summed E-state index contributed by atoms with van der Waals surface area (Å²) in [6, 6.07) is 9.11. The fraction of sp³-hybridized carbons (Fsp3) is 0.576. The third-order valence-electron chi connectivity index (χ3n) is 10.9. The van der Waals surface area contributed by atoms with Crippen LogP contribution in [0.1, 0.15) is 65.4 Å². The zero-order valence-electron chi connectivity index (χ0n) is 25.2. The summed E-state index contributed by atoms with van der Waals surface area (Å²) in [4.78, 5) is 46.6. The molecule has 0 aliphatic heterocycles. The molecule has 3 aliphatic rings. The molecule has 1 aromatic heterocycles. The van der Waals surface area contributed by atoms with Crippen LogP contribution in [0.25, 0.3) is 0 Å². The molecule has 8 nitrogen and oxygen atoms in total. The van der Waals surface area contributed by atoms with E-state index in [1.165, 1.54) is 6.07 Å².